The lowest BCUT2D eigenvalue weighted by Crippen LogP contribution is -2.35. The first-order chi connectivity index (χ1) is 14.8. The highest BCUT2D eigenvalue weighted by molar-refractivity contribution is 6.06. The Balaban J connectivity index is 2.18. The van der Waals surface area contributed by atoms with Gasteiger partial charge >= 0.3 is 0 Å². The largest absolute Gasteiger partial charge is 0.377 e. The first-order valence-electron chi connectivity index (χ1n) is 10.1. The highest BCUT2D eigenvalue weighted by atomic mass is 16.6. The molecule has 0 fully saturated rings. The maximum Gasteiger partial charge on any atom is 0.270 e. The normalized spacial score (nSPS) is 10.6. The molecule has 0 saturated heterocycles. The molecule has 0 unspecified atom stereocenters. The smallest absolute Gasteiger partial charge is 0.270 e. The molecule has 2 amide bonds. The van der Waals surface area contributed by atoms with E-state index in [0.29, 0.717) is 23.5 Å². The number of benzene rings is 2. The molecule has 0 bridgehead atoms. The van der Waals surface area contributed by atoms with E-state index in [1.165, 1.54) is 24.3 Å². The van der Waals surface area contributed by atoms with Gasteiger partial charge in [-0.3, -0.25) is 19.7 Å². The van der Waals surface area contributed by atoms with Gasteiger partial charge < -0.3 is 20.4 Å². The minimum absolute atomic E-state index is 0.163. The molecule has 2 rings (SSSR count). The molecular formula is C22H29N5O4. The van der Waals surface area contributed by atoms with Crippen molar-refractivity contribution in [1.82, 2.24) is 10.2 Å². The second-order valence-electron chi connectivity index (χ2n) is 7.17. The zero-order chi connectivity index (χ0) is 23.0. The molecule has 9 heteroatoms. The fraction of sp³-hybridized carbons (Fsp3) is 0.364. The highest BCUT2D eigenvalue weighted by Crippen LogP contribution is 2.24. The molecule has 0 heterocycles. The van der Waals surface area contributed by atoms with Crippen LogP contribution in [0.25, 0.3) is 0 Å². The van der Waals surface area contributed by atoms with E-state index in [0.717, 1.165) is 19.6 Å². The molecule has 0 aliphatic heterocycles. The molecule has 0 spiro atoms. The number of nitro benzene ring substituents is 1. The SMILES string of the molecule is CCN(CC)CCNC(=O)c1cc(NC(=O)c2cccc([N+](=O)[O-])c2)ccc1N(C)C. The summed E-state index contributed by atoms with van der Waals surface area (Å²) in [6.07, 6.45) is 0. The van der Waals surface area contributed by atoms with Gasteiger partial charge in [0.1, 0.15) is 0 Å². The van der Waals surface area contributed by atoms with Gasteiger partial charge in [-0.25, -0.2) is 0 Å². The lowest BCUT2D eigenvalue weighted by molar-refractivity contribution is -0.384. The second-order valence-corrected chi connectivity index (χ2v) is 7.17. The molecule has 9 nitrogen and oxygen atoms in total. The van der Waals surface area contributed by atoms with E-state index in [4.69, 9.17) is 0 Å². The number of amides is 2. The Bertz CT molecular complexity index is 941. The number of hydrogen-bond donors (Lipinski definition) is 2. The average Bonchev–Trinajstić information content (AvgIpc) is 2.76. The molecule has 2 N–H and O–H groups in total. The summed E-state index contributed by atoms with van der Waals surface area (Å²) >= 11 is 0. The first kappa shape index (κ1) is 23.8. The van der Waals surface area contributed by atoms with E-state index in [-0.39, 0.29) is 17.2 Å². The van der Waals surface area contributed by atoms with Crippen LogP contribution in [0.15, 0.2) is 42.5 Å². The molecule has 2 aromatic rings. The van der Waals surface area contributed by atoms with Crippen LogP contribution < -0.4 is 15.5 Å². The topological polar surface area (TPSA) is 108 Å². The number of rotatable bonds is 10. The van der Waals surface area contributed by atoms with Gasteiger partial charge in [-0.1, -0.05) is 19.9 Å². The third kappa shape index (κ3) is 6.51. The third-order valence-electron chi connectivity index (χ3n) is 4.91. The van der Waals surface area contributed by atoms with Gasteiger partial charge in [-0.2, -0.15) is 0 Å². The number of nitro groups is 1. The van der Waals surface area contributed by atoms with E-state index in [1.54, 1.807) is 18.2 Å². The molecule has 166 valence electrons. The van der Waals surface area contributed by atoms with Gasteiger partial charge in [0.05, 0.1) is 10.5 Å². The Morgan fingerprint density at radius 2 is 1.74 bits per heavy atom. The minimum atomic E-state index is -0.552. The predicted molar refractivity (Wildman–Crippen MR) is 122 cm³/mol. The zero-order valence-electron chi connectivity index (χ0n) is 18.3. The summed E-state index contributed by atoms with van der Waals surface area (Å²) in [5, 5.41) is 16.6. The fourth-order valence-corrected chi connectivity index (χ4v) is 3.11. The number of anilines is 2. The number of nitrogens with one attached hydrogen (secondary N) is 2. The van der Waals surface area contributed by atoms with Crippen molar-refractivity contribution in [2.24, 2.45) is 0 Å². The Hall–Kier alpha value is -3.46. The van der Waals surface area contributed by atoms with E-state index >= 15 is 0 Å². The number of non-ortho nitro benzene ring substituents is 1. The van der Waals surface area contributed by atoms with Crippen molar-refractivity contribution in [2.45, 2.75) is 13.8 Å². The van der Waals surface area contributed by atoms with Crippen LogP contribution in [0.3, 0.4) is 0 Å². The van der Waals surface area contributed by atoms with Gasteiger partial charge in [0.15, 0.2) is 0 Å². The molecule has 0 aromatic heterocycles. The molecule has 0 radical (unpaired) electrons. The number of carbonyl (C=O) groups excluding carboxylic acids is 2. The molecule has 0 aliphatic carbocycles. The van der Waals surface area contributed by atoms with Gasteiger partial charge in [0.25, 0.3) is 17.5 Å². The lowest BCUT2D eigenvalue weighted by Gasteiger charge is -2.20. The first-order valence-corrected chi connectivity index (χ1v) is 10.1. The third-order valence-corrected chi connectivity index (χ3v) is 4.91. The maximum atomic E-state index is 12.8. The van der Waals surface area contributed by atoms with Crippen molar-refractivity contribution in [3.05, 3.63) is 63.7 Å². The molecule has 0 atom stereocenters. The van der Waals surface area contributed by atoms with Gasteiger partial charge in [-0.05, 0) is 37.4 Å². The van der Waals surface area contributed by atoms with Crippen LogP contribution in [0.4, 0.5) is 17.1 Å². The lowest BCUT2D eigenvalue weighted by atomic mass is 10.1. The average molecular weight is 428 g/mol. The van der Waals surface area contributed by atoms with Crippen LogP contribution in [0, 0.1) is 10.1 Å². The summed E-state index contributed by atoms with van der Waals surface area (Å²) in [5.74, 6) is -0.725. The van der Waals surface area contributed by atoms with Crippen LogP contribution in [0.5, 0.6) is 0 Å². The summed E-state index contributed by atoms with van der Waals surface area (Å²) in [4.78, 5) is 39.8. The van der Waals surface area contributed by atoms with Crippen molar-refractivity contribution in [3.63, 3.8) is 0 Å². The summed E-state index contributed by atoms with van der Waals surface area (Å²) in [6.45, 7) is 7.23. The maximum absolute atomic E-state index is 12.8. The van der Waals surface area contributed by atoms with Crippen molar-refractivity contribution < 1.29 is 14.5 Å². The molecule has 0 saturated carbocycles. The van der Waals surface area contributed by atoms with Crippen LogP contribution in [0.2, 0.25) is 0 Å². The van der Waals surface area contributed by atoms with E-state index in [1.807, 2.05) is 19.0 Å². The Morgan fingerprint density at radius 3 is 2.35 bits per heavy atom. The van der Waals surface area contributed by atoms with Crippen LogP contribution >= 0.6 is 0 Å². The van der Waals surface area contributed by atoms with Crippen molar-refractivity contribution in [1.29, 1.82) is 0 Å². The second kappa shape index (κ2) is 11.1. The number of carbonyl (C=O) groups is 2. The molecule has 0 aliphatic rings. The van der Waals surface area contributed by atoms with Crippen LogP contribution in [-0.4, -0.2) is 61.9 Å². The number of nitrogens with zero attached hydrogens (tertiary/aromatic N) is 3. The quantitative estimate of drug-likeness (QED) is 0.446. The Labute approximate surface area is 182 Å². The van der Waals surface area contributed by atoms with Crippen LogP contribution in [0.1, 0.15) is 34.6 Å². The number of likely N-dealkylation sites (N-methyl/N-ethyl adjacent to an activating group) is 1. The summed E-state index contributed by atoms with van der Waals surface area (Å²) in [6, 6.07) is 10.5. The minimum Gasteiger partial charge on any atom is -0.377 e. The number of hydrogen-bond acceptors (Lipinski definition) is 6. The van der Waals surface area contributed by atoms with E-state index < -0.39 is 10.8 Å². The van der Waals surface area contributed by atoms with E-state index in [9.17, 15) is 19.7 Å². The molecule has 2 aromatic carbocycles. The Kier molecular flexibility index (Phi) is 8.51. The fourth-order valence-electron chi connectivity index (χ4n) is 3.11. The van der Waals surface area contributed by atoms with Gasteiger partial charge in [-0.15, -0.1) is 0 Å². The molecular weight excluding hydrogens is 398 g/mol. The van der Waals surface area contributed by atoms with Crippen molar-refractivity contribution in [3.8, 4) is 0 Å². The van der Waals surface area contributed by atoms with Gasteiger partial charge in [0.2, 0.25) is 0 Å². The summed E-state index contributed by atoms with van der Waals surface area (Å²) < 4.78 is 0. The highest BCUT2D eigenvalue weighted by Gasteiger charge is 2.16. The van der Waals surface area contributed by atoms with Crippen molar-refractivity contribution >= 4 is 28.9 Å². The Morgan fingerprint density at radius 1 is 1.03 bits per heavy atom. The summed E-state index contributed by atoms with van der Waals surface area (Å²) in [7, 11) is 3.67. The van der Waals surface area contributed by atoms with Crippen LogP contribution in [-0.2, 0) is 0 Å². The predicted octanol–water partition coefficient (Wildman–Crippen LogP) is 2.98. The molecule has 31 heavy (non-hydrogen) atoms. The monoisotopic (exact) mass is 427 g/mol. The standard InChI is InChI=1S/C22H29N5O4/c1-5-26(6-2)13-12-23-22(29)19-15-17(10-11-20(19)25(3)4)24-21(28)16-8-7-9-18(14-16)27(30)31/h7-11,14-15H,5-6,12-13H2,1-4H3,(H,23,29)(H,24,28). The van der Waals surface area contributed by atoms with Crippen molar-refractivity contribution in [2.75, 3.05) is 50.5 Å². The summed E-state index contributed by atoms with van der Waals surface area (Å²) in [5.41, 5.74) is 1.58. The van der Waals surface area contributed by atoms with E-state index in [2.05, 4.69) is 29.4 Å². The zero-order valence-corrected chi connectivity index (χ0v) is 18.3. The van der Waals surface area contributed by atoms with Gasteiger partial charge in [0, 0.05) is 56.3 Å².